The lowest BCUT2D eigenvalue weighted by molar-refractivity contribution is -0.146. The number of hydrogen-bond donors (Lipinski definition) is 4. The van der Waals surface area contributed by atoms with E-state index in [-0.39, 0.29) is 13.1 Å². The number of carbonyl (C=O) groups excluding carboxylic acids is 2. The van der Waals surface area contributed by atoms with Crippen LogP contribution in [0.2, 0.25) is 12.1 Å². The predicted molar refractivity (Wildman–Crippen MR) is 138 cm³/mol. The summed E-state index contributed by atoms with van der Waals surface area (Å²) in [5, 5.41) is 25.3. The van der Waals surface area contributed by atoms with Gasteiger partial charge in [-0.15, -0.1) is 0 Å². The fourth-order valence-corrected chi connectivity index (χ4v) is 8.76. The minimum atomic E-state index is -2.83. The number of rotatable bonds is 23. The van der Waals surface area contributed by atoms with Crippen LogP contribution in [0, 0.1) is 0 Å². The number of hydrogen-bond acceptors (Lipinski definition) is 10. The van der Waals surface area contributed by atoms with Crippen molar-refractivity contribution in [3.63, 3.8) is 0 Å². The SMILES string of the molecule is CCO[Si](CCCNC(=O)[C@H](O)[C@@H](O)C(=O)NCCC[Si](OCC)(OCC)OCC)(OCC)OCC. The Labute approximate surface area is 218 Å². The Balaban J connectivity index is 4.58. The summed E-state index contributed by atoms with van der Waals surface area (Å²) in [7, 11) is -5.67. The van der Waals surface area contributed by atoms with E-state index in [0.29, 0.717) is 64.6 Å². The second kappa shape index (κ2) is 20.1. The van der Waals surface area contributed by atoms with Crippen LogP contribution in [0.25, 0.3) is 0 Å². The molecule has 0 aliphatic rings. The zero-order chi connectivity index (χ0) is 27.5. The largest absolute Gasteiger partial charge is 0.500 e. The summed E-state index contributed by atoms with van der Waals surface area (Å²) in [6.45, 7) is 14.3. The first kappa shape index (κ1) is 35.1. The van der Waals surface area contributed by atoms with Crippen molar-refractivity contribution in [2.24, 2.45) is 0 Å². The molecule has 0 spiro atoms. The summed E-state index contributed by atoms with van der Waals surface area (Å²) >= 11 is 0. The van der Waals surface area contributed by atoms with E-state index >= 15 is 0 Å². The third kappa shape index (κ3) is 13.0. The van der Waals surface area contributed by atoms with Gasteiger partial charge in [0.1, 0.15) is 0 Å². The molecule has 0 saturated heterocycles. The Morgan fingerprint density at radius 1 is 0.583 bits per heavy atom. The zero-order valence-electron chi connectivity index (χ0n) is 22.8. The number of nitrogens with one attached hydrogen (secondary N) is 2. The molecule has 0 aliphatic heterocycles. The molecule has 0 aromatic rings. The lowest BCUT2D eigenvalue weighted by Gasteiger charge is -2.28. The Kier molecular flexibility index (Phi) is 19.5. The van der Waals surface area contributed by atoms with Gasteiger partial charge in [0.2, 0.25) is 0 Å². The van der Waals surface area contributed by atoms with Crippen molar-refractivity contribution in [2.45, 2.75) is 78.7 Å². The van der Waals surface area contributed by atoms with E-state index in [2.05, 4.69) is 10.6 Å². The van der Waals surface area contributed by atoms with Crippen LogP contribution in [0.5, 0.6) is 0 Å². The van der Waals surface area contributed by atoms with Crippen LogP contribution in [-0.2, 0) is 36.1 Å². The molecular formula is C22H48N2O10Si2. The lowest BCUT2D eigenvalue weighted by Crippen LogP contribution is -2.50. The van der Waals surface area contributed by atoms with E-state index in [1.807, 2.05) is 41.5 Å². The van der Waals surface area contributed by atoms with Gasteiger partial charge in [-0.25, -0.2) is 0 Å². The molecule has 4 N–H and O–H groups in total. The van der Waals surface area contributed by atoms with Crippen molar-refractivity contribution in [3.05, 3.63) is 0 Å². The maximum absolute atomic E-state index is 12.2. The summed E-state index contributed by atoms with van der Waals surface area (Å²) in [5.74, 6) is -1.69. The molecule has 0 rings (SSSR count). The van der Waals surface area contributed by atoms with E-state index < -0.39 is 41.6 Å². The molecule has 2 atom stereocenters. The first-order chi connectivity index (χ1) is 17.2. The molecule has 0 unspecified atom stereocenters. The van der Waals surface area contributed by atoms with Crippen LogP contribution in [0.3, 0.4) is 0 Å². The van der Waals surface area contributed by atoms with Crippen LogP contribution >= 0.6 is 0 Å². The van der Waals surface area contributed by atoms with Gasteiger partial charge in [-0.05, 0) is 54.4 Å². The molecule has 0 aromatic carbocycles. The highest BCUT2D eigenvalue weighted by Gasteiger charge is 2.41. The van der Waals surface area contributed by atoms with Crippen molar-refractivity contribution in [3.8, 4) is 0 Å². The fourth-order valence-electron chi connectivity index (χ4n) is 3.53. The van der Waals surface area contributed by atoms with E-state index in [4.69, 9.17) is 26.6 Å². The Morgan fingerprint density at radius 3 is 1.06 bits per heavy atom. The minimum absolute atomic E-state index is 0.200. The quantitative estimate of drug-likeness (QED) is 0.105. The maximum atomic E-state index is 12.2. The van der Waals surface area contributed by atoms with E-state index in [1.165, 1.54) is 0 Å². The van der Waals surface area contributed by atoms with Gasteiger partial charge < -0.3 is 47.4 Å². The van der Waals surface area contributed by atoms with Gasteiger partial charge in [0.25, 0.3) is 11.8 Å². The van der Waals surface area contributed by atoms with Gasteiger partial charge in [-0.2, -0.15) is 0 Å². The van der Waals surface area contributed by atoms with Crippen molar-refractivity contribution in [1.29, 1.82) is 0 Å². The molecule has 0 saturated carbocycles. The third-order valence-electron chi connectivity index (χ3n) is 4.94. The number of aliphatic hydroxyl groups excluding tert-OH is 2. The summed E-state index contributed by atoms with van der Waals surface area (Å²) in [6.07, 6.45) is -2.83. The molecular weight excluding hydrogens is 508 g/mol. The highest BCUT2D eigenvalue weighted by atomic mass is 28.4. The van der Waals surface area contributed by atoms with E-state index in [9.17, 15) is 19.8 Å². The van der Waals surface area contributed by atoms with Crippen LogP contribution in [0.15, 0.2) is 0 Å². The van der Waals surface area contributed by atoms with E-state index in [1.54, 1.807) is 0 Å². The number of amides is 2. The van der Waals surface area contributed by atoms with Gasteiger partial charge in [0.05, 0.1) is 0 Å². The number of aliphatic hydroxyl groups is 2. The van der Waals surface area contributed by atoms with Gasteiger partial charge in [0, 0.05) is 64.8 Å². The van der Waals surface area contributed by atoms with Crippen LogP contribution in [0.1, 0.15) is 54.4 Å². The van der Waals surface area contributed by atoms with Crippen molar-refractivity contribution in [1.82, 2.24) is 10.6 Å². The van der Waals surface area contributed by atoms with Crippen LogP contribution < -0.4 is 10.6 Å². The molecule has 0 aliphatic carbocycles. The van der Waals surface area contributed by atoms with Crippen molar-refractivity contribution >= 4 is 29.4 Å². The first-order valence-corrected chi connectivity index (χ1v) is 16.8. The summed E-state index contributed by atoms with van der Waals surface area (Å²) in [4.78, 5) is 24.5. The molecule has 214 valence electrons. The van der Waals surface area contributed by atoms with Crippen molar-refractivity contribution < 1.29 is 46.4 Å². The topological polar surface area (TPSA) is 154 Å². The van der Waals surface area contributed by atoms with Crippen LogP contribution in [-0.4, -0.2) is 105 Å². The summed E-state index contributed by atoms with van der Waals surface area (Å²) in [6, 6.07) is 0.968. The molecule has 0 aromatic heterocycles. The Bertz CT molecular complexity index is 519. The molecule has 0 radical (unpaired) electrons. The highest BCUT2D eigenvalue weighted by Crippen LogP contribution is 2.19. The smallest absolute Gasteiger partial charge is 0.380 e. The van der Waals surface area contributed by atoms with E-state index in [0.717, 1.165) is 0 Å². The molecule has 0 fully saturated rings. The predicted octanol–water partition coefficient (Wildman–Crippen LogP) is 0.818. The molecule has 2 amide bonds. The monoisotopic (exact) mass is 556 g/mol. The second-order valence-corrected chi connectivity index (χ2v) is 13.1. The average molecular weight is 557 g/mol. The summed E-state index contributed by atoms with van der Waals surface area (Å²) in [5.41, 5.74) is 0. The Morgan fingerprint density at radius 2 is 0.833 bits per heavy atom. The van der Waals surface area contributed by atoms with Gasteiger partial charge in [-0.1, -0.05) is 0 Å². The molecule has 0 bridgehead atoms. The third-order valence-corrected chi connectivity index (χ3v) is 11.2. The first-order valence-electron chi connectivity index (χ1n) is 12.9. The summed E-state index contributed by atoms with van der Waals surface area (Å²) < 4.78 is 34.6. The molecule has 36 heavy (non-hydrogen) atoms. The molecule has 0 heterocycles. The standard InChI is InChI=1S/C22H48N2O10Si2/c1-7-29-35(30-8-2,31-9-3)17-13-15-23-21(27)19(25)20(26)22(28)24-16-14-18-36(32-10-4,33-11-5)34-12-6/h19-20,25-26H,7-18H2,1-6H3,(H,23,27)(H,24,28)/t19-,20-/m1/s1. The fraction of sp³-hybridized carbons (Fsp3) is 0.909. The number of carbonyl (C=O) groups is 2. The van der Waals surface area contributed by atoms with Gasteiger partial charge >= 0.3 is 17.6 Å². The molecule has 14 heteroatoms. The van der Waals surface area contributed by atoms with Gasteiger partial charge in [0.15, 0.2) is 12.2 Å². The molecule has 12 nitrogen and oxygen atoms in total. The lowest BCUT2D eigenvalue weighted by atomic mass is 10.1. The average Bonchev–Trinajstić information content (AvgIpc) is 2.84. The Hall–Kier alpha value is -0.946. The zero-order valence-corrected chi connectivity index (χ0v) is 24.8. The normalized spacial score (nSPS) is 13.9. The second-order valence-electron chi connectivity index (χ2n) is 7.64. The minimum Gasteiger partial charge on any atom is -0.380 e. The highest BCUT2D eigenvalue weighted by molar-refractivity contribution is 6.61. The van der Waals surface area contributed by atoms with Gasteiger partial charge in [-0.3, -0.25) is 9.59 Å². The van der Waals surface area contributed by atoms with Crippen molar-refractivity contribution in [2.75, 3.05) is 52.7 Å². The maximum Gasteiger partial charge on any atom is 0.500 e. The van der Waals surface area contributed by atoms with Crippen LogP contribution in [0.4, 0.5) is 0 Å².